The SMILES string of the molecule is CC(C)(C)OC(=O)N(CC(F)(F)F)c1cc(-c2nc(C(=O)Nc3cn(-c4ccc(CO)cc4)nc3C(N)=O)co2)ccn1. The van der Waals surface area contributed by atoms with Crippen molar-refractivity contribution >= 4 is 29.4 Å². The molecule has 3 aromatic heterocycles. The first kappa shape index (κ1) is 30.7. The molecule has 0 aliphatic heterocycles. The number of halogens is 3. The van der Waals surface area contributed by atoms with E-state index in [1.165, 1.54) is 37.7 Å². The highest BCUT2D eigenvalue weighted by Gasteiger charge is 2.36. The molecule has 226 valence electrons. The Bertz CT molecular complexity index is 1640. The Morgan fingerprint density at radius 3 is 2.44 bits per heavy atom. The van der Waals surface area contributed by atoms with Gasteiger partial charge in [0, 0.05) is 11.8 Å². The van der Waals surface area contributed by atoms with Gasteiger partial charge in [0.2, 0.25) is 5.89 Å². The number of hydrogen-bond donors (Lipinski definition) is 3. The van der Waals surface area contributed by atoms with E-state index in [1.54, 1.807) is 24.3 Å². The predicted molar refractivity (Wildman–Crippen MR) is 145 cm³/mol. The number of alkyl halides is 3. The van der Waals surface area contributed by atoms with E-state index in [0.29, 0.717) is 16.2 Å². The fraction of sp³-hybridized carbons (Fsp3) is 0.259. The number of pyridine rings is 1. The monoisotopic (exact) mass is 601 g/mol. The lowest BCUT2D eigenvalue weighted by Crippen LogP contribution is -2.42. The number of amides is 3. The van der Waals surface area contributed by atoms with Crippen LogP contribution in [0.3, 0.4) is 0 Å². The van der Waals surface area contributed by atoms with Gasteiger partial charge in [0.1, 0.15) is 24.2 Å². The van der Waals surface area contributed by atoms with E-state index < -0.39 is 36.2 Å². The summed E-state index contributed by atoms with van der Waals surface area (Å²) in [6, 6.07) is 9.06. The fourth-order valence-corrected chi connectivity index (χ4v) is 3.67. The Morgan fingerprint density at radius 1 is 1.14 bits per heavy atom. The normalized spacial score (nSPS) is 11.7. The number of primary amides is 1. The molecule has 0 saturated carbocycles. The first-order chi connectivity index (χ1) is 20.1. The predicted octanol–water partition coefficient (Wildman–Crippen LogP) is 4.07. The Kier molecular flexibility index (Phi) is 8.52. The number of benzene rings is 1. The Balaban J connectivity index is 1.57. The molecule has 0 radical (unpaired) electrons. The van der Waals surface area contributed by atoms with Crippen molar-refractivity contribution in [2.24, 2.45) is 5.73 Å². The van der Waals surface area contributed by atoms with Gasteiger partial charge in [0.15, 0.2) is 11.4 Å². The molecule has 4 rings (SSSR count). The molecular formula is C27H26F3N7O6. The lowest BCUT2D eigenvalue weighted by molar-refractivity contribution is -0.119. The van der Waals surface area contributed by atoms with Crippen molar-refractivity contribution in [1.29, 1.82) is 0 Å². The molecule has 0 spiro atoms. The van der Waals surface area contributed by atoms with Crippen LogP contribution >= 0.6 is 0 Å². The number of carbonyl (C=O) groups is 3. The number of aliphatic hydroxyl groups excluding tert-OH is 1. The molecule has 4 aromatic rings. The van der Waals surface area contributed by atoms with Crippen LogP contribution < -0.4 is 16.0 Å². The number of nitrogens with zero attached hydrogens (tertiary/aromatic N) is 5. The summed E-state index contributed by atoms with van der Waals surface area (Å²) in [4.78, 5) is 45.8. The Morgan fingerprint density at radius 2 is 1.84 bits per heavy atom. The van der Waals surface area contributed by atoms with E-state index in [-0.39, 0.29) is 41.0 Å². The number of aromatic nitrogens is 4. The number of anilines is 2. The highest BCUT2D eigenvalue weighted by molar-refractivity contribution is 6.07. The van der Waals surface area contributed by atoms with Gasteiger partial charge in [-0.2, -0.15) is 18.3 Å². The summed E-state index contributed by atoms with van der Waals surface area (Å²) in [6.45, 7) is 2.69. The van der Waals surface area contributed by atoms with Gasteiger partial charge in [-0.3, -0.25) is 14.5 Å². The topological polar surface area (TPSA) is 179 Å². The molecule has 0 bridgehead atoms. The smallest absolute Gasteiger partial charge is 0.416 e. The molecule has 0 fully saturated rings. The molecule has 0 aliphatic carbocycles. The van der Waals surface area contributed by atoms with Crippen molar-refractivity contribution in [3.63, 3.8) is 0 Å². The van der Waals surface area contributed by atoms with Crippen molar-refractivity contribution < 1.29 is 41.8 Å². The van der Waals surface area contributed by atoms with Gasteiger partial charge < -0.3 is 25.3 Å². The lowest BCUT2D eigenvalue weighted by Gasteiger charge is -2.27. The van der Waals surface area contributed by atoms with Crippen molar-refractivity contribution in [3.8, 4) is 17.1 Å². The number of rotatable bonds is 8. The molecule has 3 heterocycles. The summed E-state index contributed by atoms with van der Waals surface area (Å²) >= 11 is 0. The molecule has 1 aromatic carbocycles. The van der Waals surface area contributed by atoms with Crippen LogP contribution in [0.2, 0.25) is 0 Å². The van der Waals surface area contributed by atoms with Crippen LogP contribution in [-0.2, 0) is 11.3 Å². The van der Waals surface area contributed by atoms with E-state index in [4.69, 9.17) is 14.9 Å². The van der Waals surface area contributed by atoms with Gasteiger partial charge in [0.05, 0.1) is 24.2 Å². The molecule has 0 aliphatic rings. The van der Waals surface area contributed by atoms with Crippen LogP contribution in [0.1, 0.15) is 47.3 Å². The van der Waals surface area contributed by atoms with Crippen molar-refractivity contribution in [3.05, 3.63) is 72.0 Å². The number of nitrogens with one attached hydrogen (secondary N) is 1. The van der Waals surface area contributed by atoms with Crippen LogP contribution in [0.25, 0.3) is 17.1 Å². The molecular weight excluding hydrogens is 575 g/mol. The van der Waals surface area contributed by atoms with Crippen LogP contribution in [0.4, 0.5) is 29.5 Å². The zero-order valence-corrected chi connectivity index (χ0v) is 23.0. The second kappa shape index (κ2) is 11.9. The van der Waals surface area contributed by atoms with Gasteiger partial charge in [-0.05, 0) is 50.6 Å². The summed E-state index contributed by atoms with van der Waals surface area (Å²) in [5.41, 5.74) is 5.12. The van der Waals surface area contributed by atoms with E-state index in [1.807, 2.05) is 0 Å². The zero-order chi connectivity index (χ0) is 31.5. The first-order valence-corrected chi connectivity index (χ1v) is 12.5. The minimum absolute atomic E-state index is 0.0281. The lowest BCUT2D eigenvalue weighted by atomic mass is 10.2. The van der Waals surface area contributed by atoms with Crippen LogP contribution in [-0.4, -0.2) is 61.1 Å². The molecule has 16 heteroatoms. The highest BCUT2D eigenvalue weighted by atomic mass is 19.4. The second-order valence-electron chi connectivity index (χ2n) is 10.1. The molecule has 0 atom stereocenters. The number of aliphatic hydroxyl groups is 1. The Labute approximate surface area is 242 Å². The third kappa shape index (κ3) is 7.73. The fourth-order valence-electron chi connectivity index (χ4n) is 3.67. The van der Waals surface area contributed by atoms with Gasteiger partial charge >= 0.3 is 12.3 Å². The highest BCUT2D eigenvalue weighted by Crippen LogP contribution is 2.27. The van der Waals surface area contributed by atoms with Crippen molar-refractivity contribution in [2.75, 3.05) is 16.8 Å². The van der Waals surface area contributed by atoms with E-state index >= 15 is 0 Å². The minimum Gasteiger partial charge on any atom is -0.444 e. The van der Waals surface area contributed by atoms with Crippen LogP contribution in [0.5, 0.6) is 0 Å². The largest absolute Gasteiger partial charge is 0.444 e. The van der Waals surface area contributed by atoms with Gasteiger partial charge in [-0.25, -0.2) is 19.4 Å². The maximum absolute atomic E-state index is 13.3. The van der Waals surface area contributed by atoms with Crippen molar-refractivity contribution in [2.45, 2.75) is 39.2 Å². The van der Waals surface area contributed by atoms with Crippen LogP contribution in [0, 0.1) is 0 Å². The number of carbonyl (C=O) groups excluding carboxylic acids is 3. The molecule has 13 nitrogen and oxygen atoms in total. The molecule has 4 N–H and O–H groups in total. The second-order valence-corrected chi connectivity index (χ2v) is 10.1. The summed E-state index contributed by atoms with van der Waals surface area (Å²) < 4.78 is 51.7. The van der Waals surface area contributed by atoms with Gasteiger partial charge in [0.25, 0.3) is 11.8 Å². The van der Waals surface area contributed by atoms with E-state index in [9.17, 15) is 32.7 Å². The zero-order valence-electron chi connectivity index (χ0n) is 23.0. The Hall–Kier alpha value is -5.25. The van der Waals surface area contributed by atoms with Crippen LogP contribution in [0.15, 0.2) is 59.5 Å². The molecule has 0 unspecified atom stereocenters. The van der Waals surface area contributed by atoms with Gasteiger partial charge in [-0.1, -0.05) is 12.1 Å². The summed E-state index contributed by atoms with van der Waals surface area (Å²) in [6.07, 6.45) is -2.54. The average molecular weight is 602 g/mol. The summed E-state index contributed by atoms with van der Waals surface area (Å²) in [7, 11) is 0. The van der Waals surface area contributed by atoms with Gasteiger partial charge in [-0.15, -0.1) is 0 Å². The summed E-state index contributed by atoms with van der Waals surface area (Å²) in [5, 5.41) is 15.8. The quantitative estimate of drug-likeness (QED) is 0.268. The third-order valence-corrected chi connectivity index (χ3v) is 5.54. The maximum atomic E-state index is 13.3. The maximum Gasteiger partial charge on any atom is 0.416 e. The number of ether oxygens (including phenoxy) is 1. The number of nitrogens with two attached hydrogens (primary N) is 1. The number of oxazole rings is 1. The summed E-state index contributed by atoms with van der Waals surface area (Å²) in [5.74, 6) is -2.28. The van der Waals surface area contributed by atoms with E-state index in [2.05, 4.69) is 20.4 Å². The first-order valence-electron chi connectivity index (χ1n) is 12.5. The minimum atomic E-state index is -4.76. The number of hydrogen-bond acceptors (Lipinski definition) is 9. The molecule has 0 saturated heterocycles. The molecule has 3 amide bonds. The standard InChI is InChI=1S/C27H26F3N7O6/c1-26(2,3)43-25(41)36(14-27(28,29)30)20-10-16(8-9-32-20)24-34-19(13-42-24)23(40)33-18-11-37(35-21(18)22(31)39)17-6-4-15(12-38)5-7-17/h4-11,13,38H,12,14H2,1-3H3,(H2,31,39)(H,33,40). The third-order valence-electron chi connectivity index (χ3n) is 5.54. The van der Waals surface area contributed by atoms with Crippen molar-refractivity contribution in [1.82, 2.24) is 19.7 Å². The van der Waals surface area contributed by atoms with E-state index in [0.717, 1.165) is 18.5 Å². The average Bonchev–Trinajstić information content (AvgIpc) is 3.59. The molecule has 43 heavy (non-hydrogen) atoms.